The average Bonchev–Trinajstić information content (AvgIpc) is 3.18. The Hall–Kier alpha value is -1.36. The van der Waals surface area contributed by atoms with Gasteiger partial charge >= 0.3 is 0 Å². The van der Waals surface area contributed by atoms with Crippen molar-refractivity contribution < 1.29 is 12.9 Å². The first-order valence-electron chi connectivity index (χ1n) is 6.51. The van der Waals surface area contributed by atoms with Gasteiger partial charge in [-0.15, -0.1) is 11.3 Å². The first kappa shape index (κ1) is 14.6. The molecule has 3 heterocycles. The van der Waals surface area contributed by atoms with E-state index in [1.165, 1.54) is 22.7 Å². The molecular weight excluding hydrogens is 314 g/mol. The normalized spacial score (nSPS) is 18.1. The molecule has 0 radical (unpaired) electrons. The minimum absolute atomic E-state index is 0.0995. The topological polar surface area (TPSA) is 101 Å². The monoisotopic (exact) mass is 329 g/mol. The number of rotatable bonds is 4. The molecule has 0 saturated carbocycles. The van der Waals surface area contributed by atoms with Crippen molar-refractivity contribution in [2.24, 2.45) is 0 Å². The van der Waals surface area contributed by atoms with Gasteiger partial charge in [0, 0.05) is 32.3 Å². The zero-order valence-corrected chi connectivity index (χ0v) is 13.0. The number of thiazole rings is 1. The quantitative estimate of drug-likeness (QED) is 0.892. The van der Waals surface area contributed by atoms with Crippen LogP contribution >= 0.6 is 11.3 Å². The predicted molar refractivity (Wildman–Crippen MR) is 76.9 cm³/mol. The first-order chi connectivity index (χ1) is 10.1. The highest BCUT2D eigenvalue weighted by Crippen LogP contribution is 2.29. The fourth-order valence-electron chi connectivity index (χ4n) is 2.30. The van der Waals surface area contributed by atoms with E-state index >= 15 is 0 Å². The van der Waals surface area contributed by atoms with Gasteiger partial charge in [-0.25, -0.2) is 4.72 Å². The van der Waals surface area contributed by atoms with E-state index in [0.717, 1.165) is 4.88 Å². The lowest BCUT2D eigenvalue weighted by atomic mass is 9.98. The molecule has 1 aliphatic heterocycles. The summed E-state index contributed by atoms with van der Waals surface area (Å²) in [6.45, 7) is 0.901. The smallest absolute Gasteiger partial charge is 0.279 e. The standard InChI is InChI=1S/C11H15N5O3S2/c1-12-21(17,18)16-4-2-8(3-5-16)11-14-10(15-19-11)9-6-13-7-20-9/h6-8,12H,2-5H2,1H3. The Kier molecular flexibility index (Phi) is 4.02. The van der Waals surface area contributed by atoms with Crippen molar-refractivity contribution in [1.29, 1.82) is 0 Å². The molecule has 0 aliphatic carbocycles. The Morgan fingerprint density at radius 1 is 1.43 bits per heavy atom. The molecule has 10 heteroatoms. The molecule has 0 aromatic carbocycles. The number of hydrogen-bond acceptors (Lipinski definition) is 7. The van der Waals surface area contributed by atoms with Gasteiger partial charge < -0.3 is 4.52 Å². The van der Waals surface area contributed by atoms with Crippen LogP contribution in [0.1, 0.15) is 24.7 Å². The lowest BCUT2D eigenvalue weighted by Gasteiger charge is -2.28. The predicted octanol–water partition coefficient (Wildman–Crippen LogP) is 0.837. The van der Waals surface area contributed by atoms with Gasteiger partial charge in [0.05, 0.1) is 10.4 Å². The number of piperidine rings is 1. The van der Waals surface area contributed by atoms with E-state index in [9.17, 15) is 8.42 Å². The van der Waals surface area contributed by atoms with Gasteiger partial charge in [0.2, 0.25) is 11.7 Å². The van der Waals surface area contributed by atoms with Crippen LogP contribution in [0.3, 0.4) is 0 Å². The van der Waals surface area contributed by atoms with Crippen molar-refractivity contribution >= 4 is 21.5 Å². The second kappa shape index (κ2) is 5.79. The summed E-state index contributed by atoms with van der Waals surface area (Å²) in [4.78, 5) is 9.24. The highest BCUT2D eigenvalue weighted by molar-refractivity contribution is 7.87. The van der Waals surface area contributed by atoms with Gasteiger partial charge in [-0.3, -0.25) is 4.98 Å². The van der Waals surface area contributed by atoms with Gasteiger partial charge in [-0.2, -0.15) is 17.7 Å². The van der Waals surface area contributed by atoms with Crippen LogP contribution in [0, 0.1) is 0 Å². The third kappa shape index (κ3) is 2.98. The Bertz CT molecular complexity index is 689. The van der Waals surface area contributed by atoms with E-state index in [0.29, 0.717) is 37.6 Å². The maximum absolute atomic E-state index is 11.7. The highest BCUT2D eigenvalue weighted by atomic mass is 32.2. The fraction of sp³-hybridized carbons (Fsp3) is 0.545. The van der Waals surface area contributed by atoms with Crippen LogP contribution in [0.4, 0.5) is 0 Å². The van der Waals surface area contributed by atoms with E-state index in [1.54, 1.807) is 11.7 Å². The van der Waals surface area contributed by atoms with Crippen LogP contribution in [0.2, 0.25) is 0 Å². The molecule has 1 fully saturated rings. The molecule has 1 N–H and O–H groups in total. The summed E-state index contributed by atoms with van der Waals surface area (Å²) in [5, 5.41) is 3.96. The molecule has 114 valence electrons. The summed E-state index contributed by atoms with van der Waals surface area (Å²) >= 11 is 1.45. The maximum atomic E-state index is 11.7. The van der Waals surface area contributed by atoms with Crippen LogP contribution < -0.4 is 4.72 Å². The first-order valence-corrected chi connectivity index (χ1v) is 8.83. The summed E-state index contributed by atoms with van der Waals surface area (Å²) in [6.07, 6.45) is 3.04. The van der Waals surface area contributed by atoms with Crippen molar-refractivity contribution in [2.45, 2.75) is 18.8 Å². The molecule has 1 saturated heterocycles. The van der Waals surface area contributed by atoms with E-state index in [4.69, 9.17) is 4.52 Å². The van der Waals surface area contributed by atoms with E-state index in [2.05, 4.69) is 19.8 Å². The van der Waals surface area contributed by atoms with Crippen LogP contribution in [0.15, 0.2) is 16.2 Å². The molecule has 2 aromatic heterocycles. The number of nitrogens with one attached hydrogen (secondary N) is 1. The summed E-state index contributed by atoms with van der Waals surface area (Å²) in [6, 6.07) is 0. The molecular formula is C11H15N5O3S2. The third-order valence-electron chi connectivity index (χ3n) is 3.50. The molecule has 2 aromatic rings. The lowest BCUT2D eigenvalue weighted by molar-refractivity contribution is 0.269. The summed E-state index contributed by atoms with van der Waals surface area (Å²) in [7, 11) is -1.93. The lowest BCUT2D eigenvalue weighted by Crippen LogP contribution is -2.43. The van der Waals surface area contributed by atoms with Crippen molar-refractivity contribution in [3.05, 3.63) is 17.6 Å². The summed E-state index contributed by atoms with van der Waals surface area (Å²) < 4.78 is 32.5. The molecule has 8 nitrogen and oxygen atoms in total. The summed E-state index contributed by atoms with van der Waals surface area (Å²) in [5.41, 5.74) is 1.71. The molecule has 1 aliphatic rings. The molecule has 0 unspecified atom stereocenters. The second-order valence-corrected chi connectivity index (χ2v) is 7.47. The Morgan fingerprint density at radius 3 is 2.81 bits per heavy atom. The number of nitrogens with zero attached hydrogens (tertiary/aromatic N) is 4. The van der Waals surface area contributed by atoms with Crippen LogP contribution in [0.25, 0.3) is 10.7 Å². The van der Waals surface area contributed by atoms with Crippen molar-refractivity contribution in [3.8, 4) is 10.7 Å². The third-order valence-corrected chi connectivity index (χ3v) is 5.83. The molecule has 21 heavy (non-hydrogen) atoms. The zero-order chi connectivity index (χ0) is 14.9. The minimum Gasteiger partial charge on any atom is -0.339 e. The number of hydrogen-bond donors (Lipinski definition) is 1. The van der Waals surface area contributed by atoms with Crippen LogP contribution in [-0.4, -0.2) is 48.0 Å². The van der Waals surface area contributed by atoms with E-state index < -0.39 is 10.2 Å². The zero-order valence-electron chi connectivity index (χ0n) is 11.4. The molecule has 0 bridgehead atoms. The molecule has 0 spiro atoms. The number of aromatic nitrogens is 3. The van der Waals surface area contributed by atoms with Crippen molar-refractivity contribution in [3.63, 3.8) is 0 Å². The fourth-order valence-corrected chi connectivity index (χ4v) is 3.79. The Labute approximate surface area is 126 Å². The van der Waals surface area contributed by atoms with Gasteiger partial charge in [-0.05, 0) is 12.8 Å². The van der Waals surface area contributed by atoms with Gasteiger partial charge in [0.1, 0.15) is 0 Å². The largest absolute Gasteiger partial charge is 0.339 e. The van der Waals surface area contributed by atoms with Gasteiger partial charge in [0.25, 0.3) is 10.2 Å². The molecule has 0 atom stereocenters. The highest BCUT2D eigenvalue weighted by Gasteiger charge is 2.30. The van der Waals surface area contributed by atoms with Gasteiger partial charge in [-0.1, -0.05) is 5.16 Å². The van der Waals surface area contributed by atoms with Crippen LogP contribution in [0.5, 0.6) is 0 Å². The van der Waals surface area contributed by atoms with Gasteiger partial charge in [0.15, 0.2) is 0 Å². The van der Waals surface area contributed by atoms with E-state index in [1.807, 2.05) is 0 Å². The average molecular weight is 329 g/mol. The SMILES string of the molecule is CNS(=O)(=O)N1CCC(c2nc(-c3cncs3)no2)CC1. The van der Waals surface area contributed by atoms with Crippen molar-refractivity contribution in [1.82, 2.24) is 24.2 Å². The second-order valence-electron chi connectivity index (χ2n) is 4.70. The maximum Gasteiger partial charge on any atom is 0.279 e. The molecule has 3 rings (SSSR count). The molecule has 0 amide bonds. The van der Waals surface area contributed by atoms with E-state index in [-0.39, 0.29) is 5.92 Å². The Morgan fingerprint density at radius 2 is 2.19 bits per heavy atom. The van der Waals surface area contributed by atoms with Crippen LogP contribution in [-0.2, 0) is 10.2 Å². The summed E-state index contributed by atoms with van der Waals surface area (Å²) in [5.74, 6) is 1.21. The van der Waals surface area contributed by atoms with Crippen molar-refractivity contribution in [2.75, 3.05) is 20.1 Å². The Balaban J connectivity index is 1.68. The minimum atomic E-state index is -3.35.